The van der Waals surface area contributed by atoms with Crippen molar-refractivity contribution >= 4 is 16.2 Å². The summed E-state index contributed by atoms with van der Waals surface area (Å²) in [7, 11) is -3.49. The molecular weight excluding hydrogens is 256 g/mol. The predicted octanol–water partition coefficient (Wildman–Crippen LogP) is 0.904. The number of nitrogens with zero attached hydrogens (tertiary/aromatic N) is 2. The van der Waals surface area contributed by atoms with Gasteiger partial charge in [-0.1, -0.05) is 19.8 Å². The van der Waals surface area contributed by atoms with Crippen molar-refractivity contribution in [2.45, 2.75) is 39.0 Å². The van der Waals surface area contributed by atoms with Gasteiger partial charge in [-0.2, -0.15) is 17.0 Å². The summed E-state index contributed by atoms with van der Waals surface area (Å²) in [6.45, 7) is 3.19. The third-order valence-corrected chi connectivity index (χ3v) is 5.26. The monoisotopic (exact) mass is 278 g/mol. The van der Waals surface area contributed by atoms with E-state index in [1.165, 1.54) is 8.61 Å². The van der Waals surface area contributed by atoms with E-state index in [2.05, 4.69) is 0 Å². The van der Waals surface area contributed by atoms with Crippen molar-refractivity contribution < 1.29 is 18.3 Å². The zero-order chi connectivity index (χ0) is 13.6. The van der Waals surface area contributed by atoms with Crippen molar-refractivity contribution in [2.75, 3.05) is 26.2 Å². The van der Waals surface area contributed by atoms with E-state index in [1.54, 1.807) is 6.92 Å². The molecule has 106 valence electrons. The number of carbonyl (C=O) groups is 1. The van der Waals surface area contributed by atoms with Crippen LogP contribution in [0.3, 0.4) is 0 Å². The van der Waals surface area contributed by atoms with E-state index < -0.39 is 16.2 Å². The average Bonchev–Trinajstić information content (AvgIpc) is 2.57. The summed E-state index contributed by atoms with van der Waals surface area (Å²) in [6, 6.07) is 0. The van der Waals surface area contributed by atoms with Crippen LogP contribution in [0.2, 0.25) is 0 Å². The minimum atomic E-state index is -3.49. The first-order valence-electron chi connectivity index (χ1n) is 6.45. The Morgan fingerprint density at radius 1 is 1.22 bits per heavy atom. The molecule has 1 fully saturated rings. The summed E-state index contributed by atoms with van der Waals surface area (Å²) in [4.78, 5) is 10.5. The molecule has 1 saturated heterocycles. The fraction of sp³-hybridized carbons (Fsp3) is 0.909. The lowest BCUT2D eigenvalue weighted by atomic mass is 10.2. The van der Waals surface area contributed by atoms with Crippen molar-refractivity contribution in [3.05, 3.63) is 0 Å². The van der Waals surface area contributed by atoms with Crippen LogP contribution in [0.15, 0.2) is 0 Å². The maximum absolute atomic E-state index is 12.3. The van der Waals surface area contributed by atoms with Gasteiger partial charge in [-0.05, 0) is 12.8 Å². The topological polar surface area (TPSA) is 77.9 Å². The number of hydrogen-bond acceptors (Lipinski definition) is 3. The molecule has 0 atom stereocenters. The first-order chi connectivity index (χ1) is 8.48. The van der Waals surface area contributed by atoms with Crippen LogP contribution < -0.4 is 0 Å². The van der Waals surface area contributed by atoms with Gasteiger partial charge in [0.15, 0.2) is 0 Å². The first-order valence-corrected chi connectivity index (χ1v) is 7.85. The van der Waals surface area contributed by atoms with E-state index in [1.807, 2.05) is 0 Å². The lowest BCUT2D eigenvalue weighted by Crippen LogP contribution is -2.44. The van der Waals surface area contributed by atoms with Crippen LogP contribution in [0, 0.1) is 0 Å². The molecule has 1 aliphatic heterocycles. The van der Waals surface area contributed by atoms with Crippen molar-refractivity contribution in [2.24, 2.45) is 0 Å². The van der Waals surface area contributed by atoms with Gasteiger partial charge < -0.3 is 5.11 Å². The van der Waals surface area contributed by atoms with Crippen molar-refractivity contribution in [1.82, 2.24) is 8.61 Å². The maximum Gasteiger partial charge on any atom is 0.304 e. The molecule has 0 aromatic rings. The largest absolute Gasteiger partial charge is 0.481 e. The Morgan fingerprint density at radius 2 is 1.78 bits per heavy atom. The molecule has 6 nitrogen and oxygen atoms in total. The molecule has 18 heavy (non-hydrogen) atoms. The molecule has 0 amide bonds. The number of carboxylic acid groups (broad SMARTS) is 1. The summed E-state index contributed by atoms with van der Waals surface area (Å²) < 4.78 is 27.4. The Hall–Kier alpha value is -0.660. The molecule has 1 rings (SSSR count). The third-order valence-electron chi connectivity index (χ3n) is 3.15. The molecule has 0 unspecified atom stereocenters. The Labute approximate surface area is 109 Å². The zero-order valence-electron chi connectivity index (χ0n) is 10.8. The number of rotatable bonds is 6. The SMILES string of the molecule is CCN(CCC(=O)O)S(=O)(=O)N1CCCCCC1. The molecule has 0 saturated carbocycles. The van der Waals surface area contributed by atoms with Crippen LogP contribution >= 0.6 is 0 Å². The van der Waals surface area contributed by atoms with Crippen LogP contribution in [0.5, 0.6) is 0 Å². The van der Waals surface area contributed by atoms with Crippen LogP contribution in [0.25, 0.3) is 0 Å². The van der Waals surface area contributed by atoms with E-state index in [0.29, 0.717) is 19.6 Å². The molecule has 0 spiro atoms. The van der Waals surface area contributed by atoms with Gasteiger partial charge in [-0.3, -0.25) is 4.79 Å². The average molecular weight is 278 g/mol. The summed E-state index contributed by atoms with van der Waals surface area (Å²) in [6.07, 6.45) is 3.74. The van der Waals surface area contributed by atoms with Crippen LogP contribution in [-0.4, -0.2) is 54.3 Å². The highest BCUT2D eigenvalue weighted by molar-refractivity contribution is 7.86. The highest BCUT2D eigenvalue weighted by atomic mass is 32.2. The lowest BCUT2D eigenvalue weighted by Gasteiger charge is -2.27. The van der Waals surface area contributed by atoms with Gasteiger partial charge in [0.25, 0.3) is 10.2 Å². The second-order valence-corrected chi connectivity index (χ2v) is 6.38. The summed E-state index contributed by atoms with van der Waals surface area (Å²) in [5, 5.41) is 8.64. The van der Waals surface area contributed by atoms with Gasteiger partial charge in [-0.15, -0.1) is 0 Å². The fourth-order valence-electron chi connectivity index (χ4n) is 2.09. The number of carboxylic acids is 1. The molecule has 1 N–H and O–H groups in total. The van der Waals surface area contributed by atoms with Gasteiger partial charge >= 0.3 is 5.97 Å². The van der Waals surface area contributed by atoms with E-state index >= 15 is 0 Å². The minimum Gasteiger partial charge on any atom is -0.481 e. The summed E-state index contributed by atoms with van der Waals surface area (Å²) >= 11 is 0. The standard InChI is InChI=1S/C11H22N2O4S/c1-2-12(10-7-11(14)15)18(16,17)13-8-5-3-4-6-9-13/h2-10H2,1H3,(H,14,15). The Bertz CT molecular complexity index is 361. The second-order valence-electron chi connectivity index (χ2n) is 4.46. The number of hydrogen-bond donors (Lipinski definition) is 1. The normalized spacial score (nSPS) is 18.8. The Balaban J connectivity index is 2.70. The van der Waals surface area contributed by atoms with Crippen molar-refractivity contribution in [3.8, 4) is 0 Å². The molecule has 1 heterocycles. The van der Waals surface area contributed by atoms with Gasteiger partial charge in [0, 0.05) is 26.2 Å². The minimum absolute atomic E-state index is 0.0463. The van der Waals surface area contributed by atoms with Crippen LogP contribution in [0.4, 0.5) is 0 Å². The van der Waals surface area contributed by atoms with Crippen LogP contribution in [0.1, 0.15) is 39.0 Å². The number of aliphatic carboxylic acids is 1. The smallest absolute Gasteiger partial charge is 0.304 e. The first kappa shape index (κ1) is 15.4. The van der Waals surface area contributed by atoms with E-state index in [0.717, 1.165) is 25.7 Å². The molecule has 0 bridgehead atoms. The third kappa shape index (κ3) is 4.22. The van der Waals surface area contributed by atoms with Gasteiger partial charge in [0.2, 0.25) is 0 Å². The highest BCUT2D eigenvalue weighted by Crippen LogP contribution is 2.16. The molecule has 0 aromatic carbocycles. The predicted molar refractivity (Wildman–Crippen MR) is 68.5 cm³/mol. The van der Waals surface area contributed by atoms with Gasteiger partial charge in [-0.25, -0.2) is 0 Å². The van der Waals surface area contributed by atoms with Crippen molar-refractivity contribution in [1.29, 1.82) is 0 Å². The fourth-order valence-corrected chi connectivity index (χ4v) is 3.79. The summed E-state index contributed by atoms with van der Waals surface area (Å²) in [5.41, 5.74) is 0. The highest BCUT2D eigenvalue weighted by Gasteiger charge is 2.29. The molecule has 7 heteroatoms. The zero-order valence-corrected chi connectivity index (χ0v) is 11.7. The lowest BCUT2D eigenvalue weighted by molar-refractivity contribution is -0.137. The summed E-state index contributed by atoms with van der Waals surface area (Å²) in [5.74, 6) is -0.973. The molecule has 0 radical (unpaired) electrons. The van der Waals surface area contributed by atoms with Crippen molar-refractivity contribution in [3.63, 3.8) is 0 Å². The maximum atomic E-state index is 12.3. The molecule has 0 aromatic heterocycles. The Morgan fingerprint density at radius 3 is 2.22 bits per heavy atom. The quantitative estimate of drug-likeness (QED) is 0.783. The van der Waals surface area contributed by atoms with E-state index in [9.17, 15) is 13.2 Å². The van der Waals surface area contributed by atoms with E-state index in [4.69, 9.17) is 5.11 Å². The molecular formula is C11H22N2O4S. The second kappa shape index (κ2) is 7.06. The molecule has 1 aliphatic rings. The molecule has 0 aliphatic carbocycles. The van der Waals surface area contributed by atoms with Gasteiger partial charge in [0.05, 0.1) is 6.42 Å². The van der Waals surface area contributed by atoms with Crippen LogP contribution in [-0.2, 0) is 15.0 Å². The van der Waals surface area contributed by atoms with E-state index in [-0.39, 0.29) is 13.0 Å². The Kier molecular flexibility index (Phi) is 6.04. The van der Waals surface area contributed by atoms with Gasteiger partial charge in [0.1, 0.15) is 0 Å².